The van der Waals surface area contributed by atoms with Crippen LogP contribution in [0.5, 0.6) is 23.0 Å². The predicted molar refractivity (Wildman–Crippen MR) is 436 cm³/mol. The van der Waals surface area contributed by atoms with Crippen molar-refractivity contribution in [1.29, 1.82) is 0 Å². The number of aliphatic hydroxyl groups excluding tert-OH is 8. The maximum Gasteiger partial charge on any atom is 0.229 e. The molecule has 18 nitrogen and oxygen atoms in total. The molecule has 99 heavy (non-hydrogen) atoms. The first-order valence-corrected chi connectivity index (χ1v) is 35.4. The average molecular weight is 1310 g/mol. The van der Waals surface area contributed by atoms with Crippen LogP contribution in [-0.2, 0) is 9.47 Å². The number of fused-ring (bicyclic) bond motifs is 8. The van der Waals surface area contributed by atoms with Gasteiger partial charge in [0.15, 0.2) is 0 Å². The Morgan fingerprint density at radius 3 is 1.14 bits per heavy atom. The standard InChI is InChI=1S/C61H76B20N4O14/c62-74(63)78(70)80(76(66)67)72-25-34(72)29-94-35-9-1-5-30(21-35)50-39-13-15-43(82-39)52(32-7-3-11-37(23-32)96-60-58(92)56(90)54(88)47(27-86)98-60)45-19-17-41(84-45)51(31-6-2-10-36(22-31)95-49-26-73(49)81(77(68)69)79(71)75(64)65)42-18-20-46(85-42)53(44-16-14-40(50)83-44)33-8-4-12-38(24-33)97-61-59(93)57(91)55(89)48(28-87)99-61/h1-24,34,47-49,54-61,82,85-93H,25-29,62-71H2. The third kappa shape index (κ3) is 14.8. The molecule has 484 valence electrons. The molecule has 10 N–H and O–H groups in total. The van der Waals surface area contributed by atoms with Crippen molar-refractivity contribution >= 4 is 188 Å². The van der Waals surface area contributed by atoms with Crippen molar-refractivity contribution in [2.24, 2.45) is 0 Å². The minimum Gasteiger partial charge on any atom is -0.500 e. The summed E-state index contributed by atoms with van der Waals surface area (Å²) in [6, 6.07) is 39.0. The van der Waals surface area contributed by atoms with Gasteiger partial charge in [0, 0.05) is 95.4 Å². The summed E-state index contributed by atoms with van der Waals surface area (Å²) in [5.74, 6) is 2.46. The topological polar surface area (TPSA) is 275 Å². The van der Waals surface area contributed by atoms with E-state index >= 15 is 0 Å². The number of benzene rings is 4. The third-order valence-corrected chi connectivity index (χ3v) is 21.8. The van der Waals surface area contributed by atoms with E-state index in [9.17, 15) is 40.9 Å². The second-order valence-corrected chi connectivity index (χ2v) is 29.6. The van der Waals surface area contributed by atoms with Crippen LogP contribution in [0.1, 0.15) is 22.8 Å². The van der Waals surface area contributed by atoms with Crippen LogP contribution < -0.4 is 18.9 Å². The normalized spacial score (nSPS) is 23.6. The lowest BCUT2D eigenvalue weighted by atomic mass is 8.57. The number of rotatable bonds is 23. The van der Waals surface area contributed by atoms with Crippen LogP contribution in [0.2, 0.25) is 18.5 Å². The van der Waals surface area contributed by atoms with Crippen molar-refractivity contribution in [2.45, 2.75) is 85.9 Å². The third-order valence-electron chi connectivity index (χ3n) is 21.8. The van der Waals surface area contributed by atoms with Crippen LogP contribution >= 0.6 is 0 Å². The van der Waals surface area contributed by atoms with Gasteiger partial charge in [0.25, 0.3) is 0 Å². The number of H-pyrrole nitrogens is 2. The van der Waals surface area contributed by atoms with E-state index in [2.05, 4.69) is 112 Å². The first-order valence-electron chi connectivity index (χ1n) is 35.4. The molecule has 4 fully saturated rings. The van der Waals surface area contributed by atoms with Crippen molar-refractivity contribution in [3.8, 4) is 67.5 Å². The smallest absolute Gasteiger partial charge is 0.229 e. The van der Waals surface area contributed by atoms with Crippen LogP contribution in [-0.4, -0.2) is 290 Å². The molecule has 6 aliphatic heterocycles. The maximum absolute atomic E-state index is 11.2. The molecular formula is C61H76B20N4O14. The summed E-state index contributed by atoms with van der Waals surface area (Å²) < 4.78 is 38.0. The second kappa shape index (κ2) is 29.9. The molecular weight excluding hydrogens is 1230 g/mol. The van der Waals surface area contributed by atoms with E-state index < -0.39 is 74.6 Å². The highest BCUT2D eigenvalue weighted by Gasteiger charge is 2.54. The van der Waals surface area contributed by atoms with Crippen LogP contribution in [0.25, 0.3) is 90.9 Å². The van der Waals surface area contributed by atoms with Gasteiger partial charge in [-0.25, -0.2) is 9.97 Å². The fourth-order valence-electron chi connectivity index (χ4n) is 15.8. The van der Waals surface area contributed by atoms with E-state index in [1.165, 1.54) is 0 Å². The molecule has 8 bridgehead atoms. The monoisotopic (exact) mass is 1310 g/mol. The van der Waals surface area contributed by atoms with E-state index in [0.29, 0.717) is 133 Å². The highest BCUT2D eigenvalue weighted by Crippen LogP contribution is 2.44. The summed E-state index contributed by atoms with van der Waals surface area (Å²) in [6.07, 6.45) is -0.465. The number of hydrogen-bond donors (Lipinski definition) is 10. The minimum absolute atomic E-state index is 0.0659. The number of ether oxygens (including phenoxy) is 6. The van der Waals surface area contributed by atoms with Gasteiger partial charge in [-0.1, -0.05) is 54.9 Å². The average Bonchev–Trinajstić information content (AvgIpc) is 1.59. The van der Waals surface area contributed by atoms with Crippen molar-refractivity contribution in [2.75, 3.05) is 19.8 Å². The van der Waals surface area contributed by atoms with Gasteiger partial charge in [0.2, 0.25) is 12.6 Å². The summed E-state index contributed by atoms with van der Waals surface area (Å²) in [7, 11) is 23.3. The number of hydrogen-bond acceptors (Lipinski definition) is 16. The molecule has 7 aromatic rings. The first kappa shape index (κ1) is 71.0. The quantitative estimate of drug-likeness (QED) is 0.0267. The fraction of sp³-hybridized carbons (Fsp3) is 0.279. The Balaban J connectivity index is 0.999. The fourth-order valence-corrected chi connectivity index (χ4v) is 15.8. The molecule has 3 aromatic heterocycles. The molecule has 13 rings (SSSR count). The number of nitrogens with one attached hydrogen (secondary N) is 2. The Labute approximate surface area is 591 Å². The predicted octanol–water partition coefficient (Wildman–Crippen LogP) is -6.38. The van der Waals surface area contributed by atoms with E-state index in [1.54, 1.807) is 24.3 Å². The molecule has 0 saturated carbocycles. The SMILES string of the molecule is BB(B)B(B)B(B(B)B)B1CC1COc1cccc(-c2c3nc(c(-c4cccc(OC5OC(CO)C(O)C(O)C5O)c4)c4ccc([nH]4)c(-c4cccc(OC5CB5B(B(B)B)B(B)B(B)B)c4)c4nc(c(-c5cccc(OC6OC(CO)C(O)C(O)C6O)c5)c5ccc2[nH]5)C=C4)C=C3)c1. The van der Waals surface area contributed by atoms with E-state index in [-0.39, 0.29) is 17.5 Å². The lowest BCUT2D eigenvalue weighted by Gasteiger charge is -2.39. The summed E-state index contributed by atoms with van der Waals surface area (Å²) in [6.45, 7) is 0.385. The molecule has 0 spiro atoms. The van der Waals surface area contributed by atoms with Gasteiger partial charge in [0.05, 0.1) is 133 Å². The van der Waals surface area contributed by atoms with Gasteiger partial charge in [-0.05, 0) is 131 Å². The molecule has 38 heteroatoms. The van der Waals surface area contributed by atoms with Gasteiger partial charge in [0.1, 0.15) is 78.4 Å². The van der Waals surface area contributed by atoms with Crippen molar-refractivity contribution in [3.05, 3.63) is 144 Å². The van der Waals surface area contributed by atoms with E-state index in [0.717, 1.165) is 57.4 Å². The van der Waals surface area contributed by atoms with Crippen LogP contribution in [0.3, 0.4) is 0 Å². The Morgan fingerprint density at radius 1 is 0.424 bits per heavy atom. The van der Waals surface area contributed by atoms with Gasteiger partial charge in [-0.3, -0.25) is 0 Å². The summed E-state index contributed by atoms with van der Waals surface area (Å²) in [4.78, 5) is 18.8. The maximum atomic E-state index is 11.2. The highest BCUT2D eigenvalue weighted by atomic mass is 16.7. The van der Waals surface area contributed by atoms with Crippen molar-refractivity contribution in [1.82, 2.24) is 19.9 Å². The Kier molecular flexibility index (Phi) is 21.4. The van der Waals surface area contributed by atoms with Gasteiger partial charge >= 0.3 is 0 Å². The van der Waals surface area contributed by atoms with Gasteiger partial charge < -0.3 is 79.2 Å². The zero-order valence-electron chi connectivity index (χ0n) is 58.0. The zero-order chi connectivity index (χ0) is 69.8. The summed E-state index contributed by atoms with van der Waals surface area (Å²) in [5, 5.41) is 85.4. The zero-order valence-corrected chi connectivity index (χ0v) is 58.0. The Morgan fingerprint density at radius 2 is 0.778 bits per heavy atom. The lowest BCUT2D eigenvalue weighted by molar-refractivity contribution is -0.277. The largest absolute Gasteiger partial charge is 0.500 e. The molecule has 4 aromatic carbocycles. The number of aromatic amines is 2. The first-order chi connectivity index (χ1) is 47.6. The summed E-state index contributed by atoms with van der Waals surface area (Å²) in [5.41, 5.74) is 11.2. The van der Waals surface area contributed by atoms with Gasteiger partial charge in [-0.15, -0.1) is 0 Å². The summed E-state index contributed by atoms with van der Waals surface area (Å²) >= 11 is 0. The Bertz CT molecular complexity index is 4250. The second-order valence-electron chi connectivity index (χ2n) is 29.6. The van der Waals surface area contributed by atoms with Crippen molar-refractivity contribution in [3.63, 3.8) is 0 Å². The molecule has 9 heterocycles. The molecule has 0 amide bonds. The molecule has 6 aliphatic rings. The number of nitrogens with zero attached hydrogens (tertiary/aromatic N) is 2. The van der Waals surface area contributed by atoms with Gasteiger partial charge in [-0.2, -0.15) is 0 Å². The molecule has 0 aliphatic carbocycles. The van der Waals surface area contributed by atoms with E-state index in [4.69, 9.17) is 38.4 Å². The lowest BCUT2D eigenvalue weighted by Crippen LogP contribution is -2.64. The number of aromatic nitrogens is 4. The molecule has 4 saturated heterocycles. The highest BCUT2D eigenvalue weighted by molar-refractivity contribution is 8.01. The van der Waals surface area contributed by atoms with Crippen molar-refractivity contribution < 1.29 is 69.3 Å². The molecule has 12 unspecified atom stereocenters. The van der Waals surface area contributed by atoms with Crippen LogP contribution in [0.4, 0.5) is 0 Å². The molecule has 12 atom stereocenters. The molecule has 0 radical (unpaired) electrons. The van der Waals surface area contributed by atoms with Crippen LogP contribution in [0.15, 0.2) is 121 Å². The van der Waals surface area contributed by atoms with Crippen LogP contribution in [0, 0.1) is 0 Å². The Hall–Kier alpha value is -6.42. The van der Waals surface area contributed by atoms with E-state index in [1.807, 2.05) is 97.1 Å². The minimum atomic E-state index is -1.65. The number of aliphatic hydroxyl groups is 8.